The predicted molar refractivity (Wildman–Crippen MR) is 104 cm³/mol. The first-order valence-electron chi connectivity index (χ1n) is 9.59. The number of halogens is 3. The van der Waals surface area contributed by atoms with Crippen LogP contribution in [0.15, 0.2) is 45.1 Å². The molecule has 1 fully saturated rings. The quantitative estimate of drug-likeness (QED) is 0.586. The lowest BCUT2D eigenvalue weighted by molar-refractivity contribution is -0.141. The molecule has 160 valence electrons. The fraction of sp³-hybridized carbons (Fsp3) is 0.474. The molecule has 1 saturated heterocycles. The molecule has 0 aliphatic carbocycles. The molecule has 0 aromatic carbocycles. The molecule has 2 atom stereocenters. The molecule has 0 radical (unpaired) electrons. The van der Waals surface area contributed by atoms with Gasteiger partial charge in [0.1, 0.15) is 10.8 Å². The van der Waals surface area contributed by atoms with Crippen LogP contribution in [-0.4, -0.2) is 38.1 Å². The third-order valence-corrected chi connectivity index (χ3v) is 5.78. The van der Waals surface area contributed by atoms with Crippen LogP contribution in [0.5, 0.6) is 0 Å². The lowest BCUT2D eigenvalue weighted by atomic mass is 9.92. The molecule has 3 aromatic heterocycles. The highest BCUT2D eigenvalue weighted by atomic mass is 32.2. The first-order chi connectivity index (χ1) is 14.3. The maximum atomic E-state index is 12.7. The second-order valence-corrected chi connectivity index (χ2v) is 8.64. The first kappa shape index (κ1) is 20.7. The summed E-state index contributed by atoms with van der Waals surface area (Å²) in [6.45, 7) is 6.56. The lowest BCUT2D eigenvalue weighted by Crippen LogP contribution is -2.40. The standard InChI is InChI=1S/C19H21F3N6OS/c1-12-8-13(2)10-27(9-12)17-25-26-18(28(17)11-14-4-3-7-29-14)30-16-6-5-15(23-24-16)19(20,21)22/h3-7,12-13H,8-11H2,1-2H3. The van der Waals surface area contributed by atoms with Crippen molar-refractivity contribution in [2.75, 3.05) is 18.0 Å². The Kier molecular flexibility index (Phi) is 5.72. The van der Waals surface area contributed by atoms with Crippen molar-refractivity contribution in [1.82, 2.24) is 25.0 Å². The predicted octanol–water partition coefficient (Wildman–Crippen LogP) is 4.36. The van der Waals surface area contributed by atoms with Gasteiger partial charge in [0.15, 0.2) is 10.9 Å². The van der Waals surface area contributed by atoms with Gasteiger partial charge in [0.05, 0.1) is 12.8 Å². The number of anilines is 1. The third kappa shape index (κ3) is 4.61. The van der Waals surface area contributed by atoms with Gasteiger partial charge in [0.25, 0.3) is 0 Å². The van der Waals surface area contributed by atoms with Gasteiger partial charge in [0, 0.05) is 13.1 Å². The van der Waals surface area contributed by atoms with E-state index in [9.17, 15) is 13.2 Å². The van der Waals surface area contributed by atoms with E-state index in [0.29, 0.717) is 34.5 Å². The van der Waals surface area contributed by atoms with Crippen molar-refractivity contribution in [3.8, 4) is 0 Å². The van der Waals surface area contributed by atoms with Gasteiger partial charge in [-0.15, -0.1) is 20.4 Å². The highest BCUT2D eigenvalue weighted by Gasteiger charge is 2.33. The van der Waals surface area contributed by atoms with Crippen LogP contribution in [0.3, 0.4) is 0 Å². The Morgan fingerprint density at radius 3 is 2.43 bits per heavy atom. The van der Waals surface area contributed by atoms with Crippen LogP contribution in [0, 0.1) is 11.8 Å². The molecule has 11 heteroatoms. The molecule has 0 spiro atoms. The summed E-state index contributed by atoms with van der Waals surface area (Å²) in [5.41, 5.74) is -1.03. The van der Waals surface area contributed by atoms with Gasteiger partial charge < -0.3 is 9.32 Å². The maximum absolute atomic E-state index is 12.7. The molecule has 4 rings (SSSR count). The van der Waals surface area contributed by atoms with Gasteiger partial charge in [-0.2, -0.15) is 13.2 Å². The first-order valence-corrected chi connectivity index (χ1v) is 10.4. The zero-order chi connectivity index (χ0) is 21.3. The lowest BCUT2D eigenvalue weighted by Gasteiger charge is -2.35. The van der Waals surface area contributed by atoms with Crippen molar-refractivity contribution in [3.63, 3.8) is 0 Å². The van der Waals surface area contributed by atoms with E-state index in [2.05, 4.69) is 39.1 Å². The van der Waals surface area contributed by atoms with E-state index in [-0.39, 0.29) is 0 Å². The number of hydrogen-bond acceptors (Lipinski definition) is 7. The fourth-order valence-corrected chi connectivity index (χ4v) is 4.48. The van der Waals surface area contributed by atoms with Crippen LogP contribution in [0.2, 0.25) is 0 Å². The Morgan fingerprint density at radius 2 is 1.83 bits per heavy atom. The number of rotatable bonds is 5. The number of piperidine rings is 1. The Labute approximate surface area is 175 Å². The van der Waals surface area contributed by atoms with Crippen LogP contribution in [0.25, 0.3) is 0 Å². The number of furan rings is 1. The Hall–Kier alpha value is -2.56. The van der Waals surface area contributed by atoms with Crippen LogP contribution < -0.4 is 4.90 Å². The van der Waals surface area contributed by atoms with Crippen molar-refractivity contribution in [1.29, 1.82) is 0 Å². The molecule has 0 amide bonds. The molecular formula is C19H21F3N6OS. The van der Waals surface area contributed by atoms with E-state index in [1.54, 1.807) is 12.3 Å². The molecule has 3 aromatic rings. The molecular weight excluding hydrogens is 417 g/mol. The van der Waals surface area contributed by atoms with Crippen molar-refractivity contribution in [2.45, 2.75) is 43.2 Å². The zero-order valence-corrected chi connectivity index (χ0v) is 17.3. The fourth-order valence-electron chi connectivity index (χ4n) is 3.73. The molecule has 0 saturated carbocycles. The molecule has 2 unspecified atom stereocenters. The van der Waals surface area contributed by atoms with E-state index in [1.165, 1.54) is 6.07 Å². The summed E-state index contributed by atoms with van der Waals surface area (Å²) in [5.74, 6) is 2.50. The topological polar surface area (TPSA) is 72.9 Å². The summed E-state index contributed by atoms with van der Waals surface area (Å²) in [6.07, 6.45) is -1.77. The SMILES string of the molecule is CC1CC(C)CN(c2nnc(Sc3ccc(C(F)(F)F)nn3)n2Cc2ccco2)C1. The van der Waals surface area contributed by atoms with Crippen LogP contribution in [0.1, 0.15) is 31.7 Å². The summed E-state index contributed by atoms with van der Waals surface area (Å²) in [6, 6.07) is 5.87. The number of alkyl halides is 3. The third-order valence-electron chi connectivity index (χ3n) is 4.87. The van der Waals surface area contributed by atoms with Gasteiger partial charge in [-0.3, -0.25) is 4.57 Å². The van der Waals surface area contributed by atoms with E-state index in [4.69, 9.17) is 4.42 Å². The van der Waals surface area contributed by atoms with Gasteiger partial charge in [0.2, 0.25) is 5.95 Å². The zero-order valence-electron chi connectivity index (χ0n) is 16.5. The van der Waals surface area contributed by atoms with Crippen molar-refractivity contribution in [2.24, 2.45) is 11.8 Å². The average Bonchev–Trinajstić information content (AvgIpc) is 3.32. The smallest absolute Gasteiger partial charge is 0.435 e. The average molecular weight is 438 g/mol. The highest BCUT2D eigenvalue weighted by molar-refractivity contribution is 7.99. The van der Waals surface area contributed by atoms with Crippen molar-refractivity contribution >= 4 is 17.7 Å². The minimum atomic E-state index is -4.52. The van der Waals surface area contributed by atoms with Crippen LogP contribution in [0.4, 0.5) is 19.1 Å². The highest BCUT2D eigenvalue weighted by Crippen LogP contribution is 2.32. The largest absolute Gasteiger partial charge is 0.467 e. The number of aromatic nitrogens is 5. The van der Waals surface area contributed by atoms with Crippen molar-refractivity contribution in [3.05, 3.63) is 42.0 Å². The second kappa shape index (κ2) is 8.29. The Balaban J connectivity index is 1.63. The summed E-state index contributed by atoms with van der Waals surface area (Å²) in [4.78, 5) is 2.21. The van der Waals surface area contributed by atoms with E-state index in [1.807, 2.05) is 10.6 Å². The minimum absolute atomic E-state index is 0.308. The van der Waals surface area contributed by atoms with Gasteiger partial charge >= 0.3 is 6.18 Å². The molecule has 7 nitrogen and oxygen atoms in total. The van der Waals surface area contributed by atoms with Crippen molar-refractivity contribution < 1.29 is 17.6 Å². The molecule has 0 bridgehead atoms. The monoisotopic (exact) mass is 438 g/mol. The second-order valence-electron chi connectivity index (χ2n) is 7.66. The Morgan fingerprint density at radius 1 is 1.07 bits per heavy atom. The van der Waals surface area contributed by atoms with Gasteiger partial charge in [-0.25, -0.2) is 0 Å². The number of hydrogen-bond donors (Lipinski definition) is 0. The molecule has 4 heterocycles. The number of nitrogens with zero attached hydrogens (tertiary/aromatic N) is 6. The Bertz CT molecular complexity index is 963. The van der Waals surface area contributed by atoms with Gasteiger partial charge in [-0.1, -0.05) is 13.8 Å². The summed E-state index contributed by atoms with van der Waals surface area (Å²) >= 11 is 1.12. The molecule has 30 heavy (non-hydrogen) atoms. The normalized spacial score (nSPS) is 20.0. The maximum Gasteiger partial charge on any atom is 0.435 e. The molecule has 0 N–H and O–H groups in total. The van der Waals surface area contributed by atoms with E-state index in [0.717, 1.165) is 43.1 Å². The summed E-state index contributed by atoms with van der Waals surface area (Å²) in [5, 5.41) is 16.5. The van der Waals surface area contributed by atoms with Crippen LogP contribution in [-0.2, 0) is 12.7 Å². The van der Waals surface area contributed by atoms with Gasteiger partial charge in [-0.05, 0) is 54.3 Å². The minimum Gasteiger partial charge on any atom is -0.467 e. The van der Waals surface area contributed by atoms with Crippen LogP contribution >= 0.6 is 11.8 Å². The molecule has 1 aliphatic heterocycles. The summed E-state index contributed by atoms with van der Waals surface area (Å²) in [7, 11) is 0. The van der Waals surface area contributed by atoms with E-state index >= 15 is 0 Å². The molecule has 1 aliphatic rings. The van der Waals surface area contributed by atoms with E-state index < -0.39 is 11.9 Å². The summed E-state index contributed by atoms with van der Waals surface area (Å²) < 4.78 is 45.6.